The third-order valence-corrected chi connectivity index (χ3v) is 6.60. The van der Waals surface area contributed by atoms with Crippen LogP contribution in [0.25, 0.3) is 0 Å². The predicted molar refractivity (Wildman–Crippen MR) is 109 cm³/mol. The van der Waals surface area contributed by atoms with Gasteiger partial charge in [-0.2, -0.15) is 4.31 Å². The molecule has 2 aromatic rings. The Morgan fingerprint density at radius 1 is 1.00 bits per heavy atom. The molecule has 0 bridgehead atoms. The van der Waals surface area contributed by atoms with Crippen molar-refractivity contribution in [2.24, 2.45) is 0 Å². The molecular formula is C21H26N2O4S. The van der Waals surface area contributed by atoms with Gasteiger partial charge in [0.15, 0.2) is 0 Å². The molecule has 1 aliphatic rings. The van der Waals surface area contributed by atoms with Gasteiger partial charge in [-0.25, -0.2) is 8.42 Å². The average molecular weight is 403 g/mol. The van der Waals surface area contributed by atoms with Crippen molar-refractivity contribution < 1.29 is 17.9 Å². The number of hydrogen-bond acceptors (Lipinski definition) is 4. The molecule has 7 heteroatoms. The van der Waals surface area contributed by atoms with E-state index in [1.165, 1.54) is 4.31 Å². The first kappa shape index (κ1) is 20.4. The fourth-order valence-electron chi connectivity index (χ4n) is 3.21. The number of rotatable bonds is 7. The van der Waals surface area contributed by atoms with E-state index in [2.05, 4.69) is 0 Å². The number of carbonyl (C=O) groups excluding carboxylic acids is 1. The fraction of sp³-hybridized carbons (Fsp3) is 0.381. The maximum absolute atomic E-state index is 12.6. The molecule has 1 fully saturated rings. The number of piperazine rings is 1. The number of benzene rings is 2. The Kier molecular flexibility index (Phi) is 6.70. The standard InChI is InChI=1S/C21H26N2O4S/c1-18-6-5-9-20(16-18)27-15-10-21(24)22-11-13-23(14-12-22)28(25,26)17-19-7-3-2-4-8-19/h2-9,16H,10-15,17H2,1H3. The van der Waals surface area contributed by atoms with Crippen LogP contribution in [0.15, 0.2) is 54.6 Å². The quantitative estimate of drug-likeness (QED) is 0.713. The van der Waals surface area contributed by atoms with Crippen LogP contribution in [0.5, 0.6) is 5.75 Å². The lowest BCUT2D eigenvalue weighted by molar-refractivity contribution is -0.132. The second kappa shape index (κ2) is 9.21. The molecule has 1 heterocycles. The summed E-state index contributed by atoms with van der Waals surface area (Å²) in [5, 5.41) is 0. The maximum Gasteiger partial charge on any atom is 0.226 e. The molecule has 0 atom stereocenters. The van der Waals surface area contributed by atoms with E-state index in [-0.39, 0.29) is 18.1 Å². The normalized spacial score (nSPS) is 15.4. The van der Waals surface area contributed by atoms with Gasteiger partial charge in [0.05, 0.1) is 18.8 Å². The minimum Gasteiger partial charge on any atom is -0.493 e. The number of sulfonamides is 1. The van der Waals surface area contributed by atoms with Crippen LogP contribution in [0, 0.1) is 6.92 Å². The molecule has 150 valence electrons. The van der Waals surface area contributed by atoms with Gasteiger partial charge < -0.3 is 9.64 Å². The highest BCUT2D eigenvalue weighted by molar-refractivity contribution is 7.88. The zero-order chi connectivity index (χ0) is 20.0. The van der Waals surface area contributed by atoms with Crippen molar-refractivity contribution >= 4 is 15.9 Å². The first-order valence-corrected chi connectivity index (χ1v) is 11.0. The molecule has 0 unspecified atom stereocenters. The van der Waals surface area contributed by atoms with Crippen LogP contribution in [0.3, 0.4) is 0 Å². The van der Waals surface area contributed by atoms with Crippen LogP contribution in [0.4, 0.5) is 0 Å². The summed E-state index contributed by atoms with van der Waals surface area (Å²) < 4.78 is 32.3. The molecule has 3 rings (SSSR count). The highest BCUT2D eigenvalue weighted by Gasteiger charge is 2.28. The molecule has 1 saturated heterocycles. The largest absolute Gasteiger partial charge is 0.493 e. The monoisotopic (exact) mass is 402 g/mol. The summed E-state index contributed by atoms with van der Waals surface area (Å²) in [5.74, 6) is 0.740. The van der Waals surface area contributed by atoms with Gasteiger partial charge in [-0.1, -0.05) is 42.5 Å². The van der Waals surface area contributed by atoms with E-state index in [4.69, 9.17) is 4.74 Å². The number of ether oxygens (including phenoxy) is 1. The highest BCUT2D eigenvalue weighted by Crippen LogP contribution is 2.15. The second-order valence-corrected chi connectivity index (χ2v) is 8.91. The minimum atomic E-state index is -3.37. The lowest BCUT2D eigenvalue weighted by Crippen LogP contribution is -2.50. The maximum atomic E-state index is 12.6. The molecule has 1 aliphatic heterocycles. The summed E-state index contributed by atoms with van der Waals surface area (Å²) in [7, 11) is -3.37. The number of carbonyl (C=O) groups is 1. The summed E-state index contributed by atoms with van der Waals surface area (Å²) in [6, 6.07) is 16.9. The molecule has 1 amide bonds. The Labute approximate surface area is 166 Å². The van der Waals surface area contributed by atoms with Crippen molar-refractivity contribution in [2.75, 3.05) is 32.8 Å². The number of hydrogen-bond donors (Lipinski definition) is 0. The molecule has 28 heavy (non-hydrogen) atoms. The Bertz CT molecular complexity index is 892. The van der Waals surface area contributed by atoms with Crippen LogP contribution in [0.2, 0.25) is 0 Å². The van der Waals surface area contributed by atoms with Gasteiger partial charge >= 0.3 is 0 Å². The van der Waals surface area contributed by atoms with E-state index < -0.39 is 10.0 Å². The highest BCUT2D eigenvalue weighted by atomic mass is 32.2. The zero-order valence-corrected chi connectivity index (χ0v) is 16.9. The molecular weight excluding hydrogens is 376 g/mol. The minimum absolute atomic E-state index is 0.00670. The molecule has 6 nitrogen and oxygen atoms in total. The average Bonchev–Trinajstić information content (AvgIpc) is 2.68. The third-order valence-electron chi connectivity index (χ3n) is 4.75. The number of amides is 1. The smallest absolute Gasteiger partial charge is 0.226 e. The van der Waals surface area contributed by atoms with E-state index in [9.17, 15) is 13.2 Å². The Morgan fingerprint density at radius 3 is 2.39 bits per heavy atom. The van der Waals surface area contributed by atoms with Crippen LogP contribution in [0.1, 0.15) is 17.5 Å². The van der Waals surface area contributed by atoms with Gasteiger partial charge in [0.25, 0.3) is 0 Å². The van der Waals surface area contributed by atoms with Gasteiger partial charge in [0.1, 0.15) is 5.75 Å². The number of nitrogens with zero attached hydrogens (tertiary/aromatic N) is 2. The molecule has 0 aromatic heterocycles. The van der Waals surface area contributed by atoms with E-state index in [1.54, 1.807) is 4.90 Å². The molecule has 0 saturated carbocycles. The van der Waals surface area contributed by atoms with Gasteiger partial charge in [0, 0.05) is 26.2 Å². The van der Waals surface area contributed by atoms with Crippen molar-refractivity contribution in [3.05, 3.63) is 65.7 Å². The topological polar surface area (TPSA) is 66.9 Å². The third kappa shape index (κ3) is 5.56. The summed E-state index contributed by atoms with van der Waals surface area (Å²) >= 11 is 0. The number of aryl methyl sites for hydroxylation is 1. The summed E-state index contributed by atoms with van der Waals surface area (Å²) in [5.41, 5.74) is 1.88. The van der Waals surface area contributed by atoms with Crippen molar-refractivity contribution in [1.82, 2.24) is 9.21 Å². The van der Waals surface area contributed by atoms with Gasteiger partial charge in [-0.3, -0.25) is 4.79 Å². The summed E-state index contributed by atoms with van der Waals surface area (Å²) in [4.78, 5) is 14.1. The molecule has 0 N–H and O–H groups in total. The molecule has 2 aromatic carbocycles. The van der Waals surface area contributed by atoms with E-state index in [1.807, 2.05) is 61.5 Å². The lowest BCUT2D eigenvalue weighted by atomic mass is 10.2. The van der Waals surface area contributed by atoms with Gasteiger partial charge in [-0.15, -0.1) is 0 Å². The van der Waals surface area contributed by atoms with Gasteiger partial charge in [-0.05, 0) is 30.2 Å². The first-order chi connectivity index (χ1) is 13.4. The van der Waals surface area contributed by atoms with Crippen LogP contribution >= 0.6 is 0 Å². The van der Waals surface area contributed by atoms with Crippen LogP contribution < -0.4 is 4.74 Å². The SMILES string of the molecule is Cc1cccc(OCCC(=O)N2CCN(S(=O)(=O)Cc3ccccc3)CC2)c1. The predicted octanol–water partition coefficient (Wildman–Crippen LogP) is 2.44. The van der Waals surface area contributed by atoms with E-state index in [0.717, 1.165) is 16.9 Å². The summed E-state index contributed by atoms with van der Waals surface area (Å²) in [6.45, 7) is 3.80. The fourth-order valence-corrected chi connectivity index (χ4v) is 4.73. The van der Waals surface area contributed by atoms with Crippen molar-refractivity contribution in [3.63, 3.8) is 0 Å². The molecule has 0 spiro atoms. The van der Waals surface area contributed by atoms with Crippen molar-refractivity contribution in [1.29, 1.82) is 0 Å². The van der Waals surface area contributed by atoms with Crippen molar-refractivity contribution in [2.45, 2.75) is 19.1 Å². The molecule has 0 radical (unpaired) electrons. The lowest BCUT2D eigenvalue weighted by Gasteiger charge is -2.34. The molecule has 0 aliphatic carbocycles. The van der Waals surface area contributed by atoms with Crippen LogP contribution in [-0.2, 0) is 20.6 Å². The zero-order valence-electron chi connectivity index (χ0n) is 16.1. The Hall–Kier alpha value is -2.38. The Morgan fingerprint density at radius 2 is 1.71 bits per heavy atom. The Balaban J connectivity index is 1.44. The second-order valence-electron chi connectivity index (χ2n) is 6.94. The first-order valence-electron chi connectivity index (χ1n) is 9.43. The summed E-state index contributed by atoms with van der Waals surface area (Å²) in [6.07, 6.45) is 0.282. The van der Waals surface area contributed by atoms with Gasteiger partial charge in [0.2, 0.25) is 15.9 Å². The van der Waals surface area contributed by atoms with Crippen LogP contribution in [-0.4, -0.2) is 56.3 Å². The van der Waals surface area contributed by atoms with Crippen molar-refractivity contribution in [3.8, 4) is 5.75 Å². The van der Waals surface area contributed by atoms with E-state index in [0.29, 0.717) is 32.8 Å². The van der Waals surface area contributed by atoms with E-state index >= 15 is 0 Å².